The van der Waals surface area contributed by atoms with E-state index in [0.717, 1.165) is 23.0 Å². The number of ether oxygens (including phenoxy) is 1. The smallest absolute Gasteiger partial charge is 0.271 e. The van der Waals surface area contributed by atoms with Crippen molar-refractivity contribution in [2.45, 2.75) is 33.2 Å². The SMILES string of the molecule is COc1cc(-c2cc(C(=O)N3CCC(C(=O)NCc4ccc5[nH]c(C)c(C)c5c4)CC3)[nH]n2)c(F)cn1. The number of rotatable bonds is 6. The Morgan fingerprint density at radius 3 is 2.73 bits per heavy atom. The number of aryl methyl sites for hydroxylation is 2. The van der Waals surface area contributed by atoms with Crippen molar-refractivity contribution in [2.75, 3.05) is 20.2 Å². The highest BCUT2D eigenvalue weighted by Crippen LogP contribution is 2.26. The fourth-order valence-corrected chi connectivity index (χ4v) is 4.76. The van der Waals surface area contributed by atoms with Crippen molar-refractivity contribution in [1.29, 1.82) is 0 Å². The second kappa shape index (κ2) is 10.0. The maximum absolute atomic E-state index is 14.2. The highest BCUT2D eigenvalue weighted by molar-refractivity contribution is 5.93. The number of carbonyl (C=O) groups is 2. The summed E-state index contributed by atoms with van der Waals surface area (Å²) in [7, 11) is 1.44. The number of methoxy groups -OCH3 is 1. The average molecular weight is 505 g/mol. The second-order valence-corrected chi connectivity index (χ2v) is 9.41. The summed E-state index contributed by atoms with van der Waals surface area (Å²) in [5, 5.41) is 11.0. The largest absolute Gasteiger partial charge is 0.481 e. The van der Waals surface area contributed by atoms with Crippen molar-refractivity contribution in [2.24, 2.45) is 5.92 Å². The maximum atomic E-state index is 14.2. The third-order valence-corrected chi connectivity index (χ3v) is 7.12. The molecule has 192 valence electrons. The van der Waals surface area contributed by atoms with Gasteiger partial charge in [-0.3, -0.25) is 14.7 Å². The molecule has 1 saturated heterocycles. The Balaban J connectivity index is 1.16. The average Bonchev–Trinajstić information content (AvgIpc) is 3.52. The van der Waals surface area contributed by atoms with Crippen LogP contribution in [0.1, 0.15) is 40.2 Å². The number of fused-ring (bicyclic) bond motifs is 1. The maximum Gasteiger partial charge on any atom is 0.271 e. The Hall–Kier alpha value is -4.21. The summed E-state index contributed by atoms with van der Waals surface area (Å²) in [4.78, 5) is 34.7. The van der Waals surface area contributed by atoms with Crippen LogP contribution in [0.15, 0.2) is 36.5 Å². The van der Waals surface area contributed by atoms with E-state index in [4.69, 9.17) is 4.74 Å². The van der Waals surface area contributed by atoms with E-state index in [0.29, 0.717) is 38.2 Å². The lowest BCUT2D eigenvalue weighted by molar-refractivity contribution is -0.126. The number of hydrogen-bond donors (Lipinski definition) is 3. The molecule has 2 amide bonds. The summed E-state index contributed by atoms with van der Waals surface area (Å²) in [5.41, 5.74) is 5.26. The minimum atomic E-state index is -0.559. The van der Waals surface area contributed by atoms with Gasteiger partial charge in [0.1, 0.15) is 5.69 Å². The van der Waals surface area contributed by atoms with Crippen molar-refractivity contribution in [3.63, 3.8) is 0 Å². The molecule has 0 unspecified atom stereocenters. The van der Waals surface area contributed by atoms with E-state index in [9.17, 15) is 14.0 Å². The number of piperidine rings is 1. The predicted octanol–water partition coefficient (Wildman–Crippen LogP) is 3.89. The third kappa shape index (κ3) is 4.91. The first-order valence-electron chi connectivity index (χ1n) is 12.2. The number of halogens is 1. The van der Waals surface area contributed by atoms with Gasteiger partial charge in [0.2, 0.25) is 11.8 Å². The zero-order valence-electron chi connectivity index (χ0n) is 21.0. The van der Waals surface area contributed by atoms with Crippen molar-refractivity contribution in [3.8, 4) is 17.1 Å². The van der Waals surface area contributed by atoms with Crippen molar-refractivity contribution < 1.29 is 18.7 Å². The number of nitrogens with one attached hydrogen (secondary N) is 3. The van der Waals surface area contributed by atoms with Gasteiger partial charge in [-0.2, -0.15) is 5.10 Å². The highest BCUT2D eigenvalue weighted by atomic mass is 19.1. The summed E-state index contributed by atoms with van der Waals surface area (Å²) < 4.78 is 19.3. The van der Waals surface area contributed by atoms with E-state index in [1.165, 1.54) is 30.2 Å². The van der Waals surface area contributed by atoms with Gasteiger partial charge < -0.3 is 19.9 Å². The summed E-state index contributed by atoms with van der Waals surface area (Å²) >= 11 is 0. The van der Waals surface area contributed by atoms with Crippen LogP contribution in [0.3, 0.4) is 0 Å². The van der Waals surface area contributed by atoms with Gasteiger partial charge in [-0.25, -0.2) is 9.37 Å². The van der Waals surface area contributed by atoms with Gasteiger partial charge in [-0.1, -0.05) is 6.07 Å². The number of benzene rings is 1. The molecule has 9 nitrogen and oxygen atoms in total. The molecule has 4 aromatic rings. The molecule has 10 heteroatoms. The van der Waals surface area contributed by atoms with Gasteiger partial charge in [0.25, 0.3) is 5.91 Å². The second-order valence-electron chi connectivity index (χ2n) is 9.41. The van der Waals surface area contributed by atoms with Gasteiger partial charge in [0.05, 0.1) is 19.0 Å². The quantitative estimate of drug-likeness (QED) is 0.369. The van der Waals surface area contributed by atoms with Gasteiger partial charge in [-0.05, 0) is 56.0 Å². The molecular formula is C27H29FN6O3. The van der Waals surface area contributed by atoms with Gasteiger partial charge in [0.15, 0.2) is 5.82 Å². The molecule has 3 N–H and O–H groups in total. The van der Waals surface area contributed by atoms with Crippen LogP contribution in [-0.2, 0) is 11.3 Å². The molecule has 0 aliphatic carbocycles. The number of aromatic nitrogens is 4. The van der Waals surface area contributed by atoms with Crippen molar-refractivity contribution in [1.82, 2.24) is 30.4 Å². The molecule has 3 aromatic heterocycles. The Labute approximate surface area is 213 Å². The molecule has 0 radical (unpaired) electrons. The van der Waals surface area contributed by atoms with Gasteiger partial charge >= 0.3 is 0 Å². The fraction of sp³-hybridized carbons (Fsp3) is 0.333. The Bertz CT molecular complexity index is 1470. The van der Waals surface area contributed by atoms with Gasteiger partial charge in [-0.15, -0.1) is 0 Å². The third-order valence-electron chi connectivity index (χ3n) is 7.12. The highest BCUT2D eigenvalue weighted by Gasteiger charge is 2.29. The van der Waals surface area contributed by atoms with E-state index < -0.39 is 5.82 Å². The first-order chi connectivity index (χ1) is 17.8. The van der Waals surface area contributed by atoms with E-state index in [1.54, 1.807) is 4.90 Å². The predicted molar refractivity (Wildman–Crippen MR) is 137 cm³/mol. The van der Waals surface area contributed by atoms with Crippen LogP contribution in [0.2, 0.25) is 0 Å². The van der Waals surface area contributed by atoms with Crippen LogP contribution < -0.4 is 10.1 Å². The van der Waals surface area contributed by atoms with E-state index in [1.807, 2.05) is 12.1 Å². The topological polar surface area (TPSA) is 116 Å². The molecule has 0 saturated carbocycles. The zero-order chi connectivity index (χ0) is 26.1. The Morgan fingerprint density at radius 1 is 1.19 bits per heavy atom. The number of H-pyrrole nitrogens is 2. The number of pyridine rings is 1. The summed E-state index contributed by atoms with van der Waals surface area (Å²) in [5.74, 6) is -0.691. The molecule has 37 heavy (non-hydrogen) atoms. The normalized spacial score (nSPS) is 14.2. The van der Waals surface area contributed by atoms with E-state index in [-0.39, 0.29) is 34.9 Å². The van der Waals surface area contributed by atoms with Crippen LogP contribution in [0.4, 0.5) is 4.39 Å². The first kappa shape index (κ1) is 24.5. The zero-order valence-corrected chi connectivity index (χ0v) is 21.0. The molecule has 1 aliphatic rings. The van der Waals surface area contributed by atoms with Crippen LogP contribution in [0.5, 0.6) is 5.88 Å². The number of nitrogens with zero attached hydrogens (tertiary/aromatic N) is 3. The molecule has 1 aromatic carbocycles. The van der Waals surface area contributed by atoms with Crippen LogP contribution in [0, 0.1) is 25.6 Å². The molecule has 0 bridgehead atoms. The minimum absolute atomic E-state index is 0.0000955. The Morgan fingerprint density at radius 2 is 1.97 bits per heavy atom. The van der Waals surface area contributed by atoms with Crippen molar-refractivity contribution in [3.05, 3.63) is 64.9 Å². The number of amides is 2. The van der Waals surface area contributed by atoms with Crippen molar-refractivity contribution >= 4 is 22.7 Å². The van der Waals surface area contributed by atoms with Crippen LogP contribution in [-0.4, -0.2) is 57.1 Å². The summed E-state index contributed by atoms with van der Waals surface area (Å²) in [6.45, 7) is 5.51. The summed E-state index contributed by atoms with van der Waals surface area (Å²) in [6.07, 6.45) is 2.20. The van der Waals surface area contributed by atoms with Gasteiger partial charge in [0, 0.05) is 53.8 Å². The molecular weight excluding hydrogens is 475 g/mol. The fourth-order valence-electron chi connectivity index (χ4n) is 4.76. The molecule has 1 aliphatic heterocycles. The molecule has 0 atom stereocenters. The molecule has 0 spiro atoms. The van der Waals surface area contributed by atoms with E-state index in [2.05, 4.69) is 45.4 Å². The first-order valence-corrected chi connectivity index (χ1v) is 12.2. The standard InChI is InChI=1S/C27H29FN6O3/c1-15-16(2)31-22-5-4-17(10-19(15)22)13-30-26(35)18-6-8-34(9-7-18)27(36)24-12-23(32-33-24)20-11-25(37-3)29-14-21(20)28/h4-5,10-12,14,18,31H,6-9,13H2,1-3H3,(H,30,35)(H,32,33). The molecule has 5 rings (SSSR count). The van der Waals surface area contributed by atoms with Crippen LogP contribution >= 0.6 is 0 Å². The number of carbonyl (C=O) groups excluding carboxylic acids is 2. The number of likely N-dealkylation sites (tertiary alicyclic amines) is 1. The minimum Gasteiger partial charge on any atom is -0.481 e. The van der Waals surface area contributed by atoms with Crippen LogP contribution in [0.25, 0.3) is 22.2 Å². The lowest BCUT2D eigenvalue weighted by Gasteiger charge is -2.31. The summed E-state index contributed by atoms with van der Waals surface area (Å²) in [6, 6.07) is 9.13. The number of hydrogen-bond acceptors (Lipinski definition) is 5. The lowest BCUT2D eigenvalue weighted by Crippen LogP contribution is -2.43. The molecule has 4 heterocycles. The Kier molecular flexibility index (Phi) is 6.64. The van der Waals surface area contributed by atoms with E-state index >= 15 is 0 Å². The monoisotopic (exact) mass is 504 g/mol. The number of aromatic amines is 2. The lowest BCUT2D eigenvalue weighted by atomic mass is 9.95. The molecule has 1 fully saturated rings.